The molecule has 4 N–H and O–H groups in total. The lowest BCUT2D eigenvalue weighted by Crippen LogP contribution is -2.62. The van der Waals surface area contributed by atoms with Gasteiger partial charge in [-0.1, -0.05) is 58.9 Å². The summed E-state index contributed by atoms with van der Waals surface area (Å²) in [5, 5.41) is 14.5. The molecule has 198 valence electrons. The van der Waals surface area contributed by atoms with Gasteiger partial charge in [0.1, 0.15) is 12.1 Å². The fourth-order valence-electron chi connectivity index (χ4n) is 4.57. The van der Waals surface area contributed by atoms with Gasteiger partial charge in [-0.15, -0.1) is 0 Å². The Balaban J connectivity index is 2.40. The first-order chi connectivity index (χ1) is 16.5. The molecule has 0 spiro atoms. The van der Waals surface area contributed by atoms with E-state index < -0.39 is 28.9 Å². The van der Waals surface area contributed by atoms with E-state index in [2.05, 4.69) is 5.32 Å². The molecule has 0 radical (unpaired) electrons. The third kappa shape index (κ3) is 6.14. The highest BCUT2D eigenvalue weighted by atomic mass is 16.4. The Morgan fingerprint density at radius 1 is 1.14 bits per heavy atom. The molecule has 1 aromatic heterocycles. The molecule has 2 aromatic rings. The van der Waals surface area contributed by atoms with Gasteiger partial charge < -0.3 is 19.9 Å². The minimum Gasteiger partial charge on any atom is -0.478 e. The molecule has 9 heteroatoms. The molecule has 2 atom stereocenters. The average Bonchev–Trinajstić information content (AvgIpc) is 3.11. The molecular weight excluding hydrogens is 458 g/mol. The molecule has 2 unspecified atom stereocenters. The Bertz CT molecular complexity index is 1160. The molecule has 1 heterocycles. The first kappa shape index (κ1) is 29.1. The monoisotopic (exact) mass is 499 g/mol. The van der Waals surface area contributed by atoms with Gasteiger partial charge in [0, 0.05) is 55.8 Å². The predicted molar refractivity (Wildman–Crippen MR) is 142 cm³/mol. The van der Waals surface area contributed by atoms with Crippen molar-refractivity contribution in [2.75, 3.05) is 20.6 Å². The number of nitrogens with two attached hydrogens (primary N) is 1. The molecular formula is C27H41N5O4. The van der Waals surface area contributed by atoms with Crippen molar-refractivity contribution in [3.63, 3.8) is 0 Å². The third-order valence-corrected chi connectivity index (χ3v) is 6.71. The van der Waals surface area contributed by atoms with Gasteiger partial charge in [0.2, 0.25) is 11.8 Å². The van der Waals surface area contributed by atoms with Crippen molar-refractivity contribution in [3.8, 4) is 0 Å². The Labute approximate surface area is 213 Å². The number of para-hydroxylation sites is 1. The molecule has 2 amide bonds. The zero-order valence-corrected chi connectivity index (χ0v) is 22.9. The molecule has 9 nitrogen and oxygen atoms in total. The highest BCUT2D eigenvalue weighted by Crippen LogP contribution is 2.36. The number of carbonyl (C=O) groups excluding carboxylic acids is 2. The van der Waals surface area contributed by atoms with Crippen molar-refractivity contribution in [2.24, 2.45) is 18.3 Å². The van der Waals surface area contributed by atoms with Crippen molar-refractivity contribution in [1.82, 2.24) is 19.8 Å². The first-order valence-electron chi connectivity index (χ1n) is 12.0. The molecule has 0 fully saturated rings. The number of aliphatic carboxylic acids is 1. The number of likely N-dealkylation sites (N-methyl/N-ethyl adjacent to an activating group) is 2. The predicted octanol–water partition coefficient (Wildman–Crippen LogP) is 2.65. The SMILES string of the molecule is C/C(=C\CN(C)C(=O)C(NC(=O)C(N(C)N)C(C)(C)c1cn(C)c2ccccc12)C(C)(C)C)C(=O)O. The smallest absolute Gasteiger partial charge is 0.331 e. The lowest BCUT2D eigenvalue weighted by Gasteiger charge is -2.40. The molecule has 0 bridgehead atoms. The molecule has 0 aliphatic heterocycles. The number of rotatable bonds is 9. The standard InChI is InChI=1S/C27H41N5O4/c1-17(25(35)36)14-15-30(7)24(34)21(26(2,3)4)29-23(33)22(32(9)28)27(5,6)19-16-31(8)20-13-11-10-12-18(19)20/h10-14,16,21-22H,15,28H2,1-9H3,(H,29,33)(H,35,36)/b17-14+. The van der Waals surface area contributed by atoms with E-state index in [9.17, 15) is 14.4 Å². The summed E-state index contributed by atoms with van der Waals surface area (Å²) in [6.07, 6.45) is 3.49. The summed E-state index contributed by atoms with van der Waals surface area (Å²) in [5.41, 5.74) is 0.866. The van der Waals surface area contributed by atoms with Crippen molar-refractivity contribution >= 4 is 28.7 Å². The topological polar surface area (TPSA) is 121 Å². The number of benzene rings is 1. The fourth-order valence-corrected chi connectivity index (χ4v) is 4.57. The zero-order valence-electron chi connectivity index (χ0n) is 22.9. The average molecular weight is 500 g/mol. The van der Waals surface area contributed by atoms with E-state index >= 15 is 0 Å². The van der Waals surface area contributed by atoms with Gasteiger partial charge in [0.05, 0.1) is 0 Å². The minimum atomic E-state index is -1.04. The van der Waals surface area contributed by atoms with Crippen LogP contribution in [0.3, 0.4) is 0 Å². The van der Waals surface area contributed by atoms with E-state index in [0.29, 0.717) is 0 Å². The number of aryl methyl sites for hydroxylation is 1. The summed E-state index contributed by atoms with van der Waals surface area (Å²) >= 11 is 0. The molecule has 2 rings (SSSR count). The largest absolute Gasteiger partial charge is 0.478 e. The second-order valence-corrected chi connectivity index (χ2v) is 11.2. The van der Waals surface area contributed by atoms with Gasteiger partial charge in [-0.3, -0.25) is 15.4 Å². The number of carbonyl (C=O) groups is 3. The van der Waals surface area contributed by atoms with E-state index in [1.807, 2.05) is 76.7 Å². The Morgan fingerprint density at radius 2 is 1.72 bits per heavy atom. The van der Waals surface area contributed by atoms with E-state index in [1.54, 1.807) is 14.1 Å². The lowest BCUT2D eigenvalue weighted by atomic mass is 9.76. The summed E-state index contributed by atoms with van der Waals surface area (Å²) in [6.45, 7) is 11.2. The molecule has 36 heavy (non-hydrogen) atoms. The Hall–Kier alpha value is -3.17. The normalized spacial score (nSPS) is 14.6. The van der Waals surface area contributed by atoms with Crippen molar-refractivity contribution < 1.29 is 19.5 Å². The van der Waals surface area contributed by atoms with Crippen LogP contribution < -0.4 is 11.2 Å². The van der Waals surface area contributed by atoms with Crippen LogP contribution in [0.15, 0.2) is 42.1 Å². The summed E-state index contributed by atoms with van der Waals surface area (Å²) < 4.78 is 2.03. The van der Waals surface area contributed by atoms with Crippen molar-refractivity contribution in [2.45, 2.75) is 59.0 Å². The highest BCUT2D eigenvalue weighted by molar-refractivity contribution is 5.93. The molecule has 0 aliphatic carbocycles. The number of nitrogens with one attached hydrogen (secondary N) is 1. The Kier molecular flexibility index (Phi) is 8.75. The van der Waals surface area contributed by atoms with Gasteiger partial charge in [-0.2, -0.15) is 0 Å². The van der Waals surface area contributed by atoms with Crippen LogP contribution in [0.4, 0.5) is 0 Å². The van der Waals surface area contributed by atoms with Gasteiger partial charge in [-0.25, -0.2) is 9.80 Å². The van der Waals surface area contributed by atoms with Gasteiger partial charge >= 0.3 is 5.97 Å². The molecule has 0 aliphatic rings. The number of hydrazine groups is 1. The fraction of sp³-hybridized carbons (Fsp3) is 0.519. The third-order valence-electron chi connectivity index (χ3n) is 6.71. The number of fused-ring (bicyclic) bond motifs is 1. The van der Waals surface area contributed by atoms with E-state index in [0.717, 1.165) is 16.5 Å². The molecule has 0 saturated carbocycles. The number of hydrogen-bond donors (Lipinski definition) is 3. The van der Waals surface area contributed by atoms with Gasteiger partial charge in [0.25, 0.3) is 0 Å². The summed E-state index contributed by atoms with van der Waals surface area (Å²) in [5.74, 6) is 4.53. The minimum absolute atomic E-state index is 0.112. The van der Waals surface area contributed by atoms with E-state index in [1.165, 1.54) is 22.9 Å². The van der Waals surface area contributed by atoms with Crippen LogP contribution in [0, 0.1) is 5.41 Å². The first-order valence-corrected chi connectivity index (χ1v) is 12.0. The summed E-state index contributed by atoms with van der Waals surface area (Å²) in [6, 6.07) is 6.37. The van der Waals surface area contributed by atoms with Crippen LogP contribution in [0.1, 0.15) is 47.1 Å². The lowest BCUT2D eigenvalue weighted by molar-refractivity contribution is -0.140. The van der Waals surface area contributed by atoms with E-state index in [-0.39, 0.29) is 23.9 Å². The van der Waals surface area contributed by atoms with Crippen LogP contribution in [-0.2, 0) is 26.8 Å². The second-order valence-electron chi connectivity index (χ2n) is 11.2. The van der Waals surface area contributed by atoms with Crippen LogP contribution in [0.5, 0.6) is 0 Å². The Morgan fingerprint density at radius 3 is 2.25 bits per heavy atom. The number of aromatic nitrogens is 1. The van der Waals surface area contributed by atoms with Crippen molar-refractivity contribution in [1.29, 1.82) is 0 Å². The van der Waals surface area contributed by atoms with Crippen LogP contribution >= 0.6 is 0 Å². The zero-order chi connectivity index (χ0) is 27.6. The van der Waals surface area contributed by atoms with Crippen molar-refractivity contribution in [3.05, 3.63) is 47.7 Å². The van der Waals surface area contributed by atoms with E-state index in [4.69, 9.17) is 10.9 Å². The van der Waals surface area contributed by atoms with Crippen LogP contribution in [-0.4, -0.2) is 70.1 Å². The summed E-state index contributed by atoms with van der Waals surface area (Å²) in [7, 11) is 5.20. The second kappa shape index (κ2) is 10.8. The maximum atomic E-state index is 13.8. The quantitative estimate of drug-likeness (QED) is 0.277. The number of amides is 2. The number of carboxylic acids is 1. The molecule has 1 aromatic carbocycles. The number of nitrogens with zero attached hydrogens (tertiary/aromatic N) is 3. The maximum Gasteiger partial charge on any atom is 0.331 e. The summed E-state index contributed by atoms with van der Waals surface area (Å²) in [4.78, 5) is 39.7. The van der Waals surface area contributed by atoms with Gasteiger partial charge in [-0.05, 0) is 24.0 Å². The van der Waals surface area contributed by atoms with Crippen LogP contribution in [0.2, 0.25) is 0 Å². The number of hydrogen-bond acceptors (Lipinski definition) is 5. The molecule has 0 saturated heterocycles. The maximum absolute atomic E-state index is 13.8. The highest BCUT2D eigenvalue weighted by Gasteiger charge is 2.43. The van der Waals surface area contributed by atoms with Crippen LogP contribution in [0.25, 0.3) is 10.9 Å². The van der Waals surface area contributed by atoms with Gasteiger partial charge in [0.15, 0.2) is 0 Å². The number of carboxylic acid groups (broad SMARTS) is 1.